The SMILES string of the molecule is Cc1c(F)c(F)cc(C2=CCN(CCc3ccc(-c4ccc(O)cc4)cc3)CC2)c1F. The standard InChI is InChI=1S/C26H24F3NO/c1-17-25(28)23(16-24(27)26(17)29)21-11-14-30(15-12-21)13-10-18-2-4-19(5-3-18)20-6-8-22(31)9-7-20/h2-9,11,16,31H,10,12-15H2,1H3. The van der Waals surface area contributed by atoms with Gasteiger partial charge in [0.05, 0.1) is 0 Å². The van der Waals surface area contributed by atoms with Gasteiger partial charge >= 0.3 is 0 Å². The van der Waals surface area contributed by atoms with E-state index in [1.54, 1.807) is 12.1 Å². The molecule has 160 valence electrons. The van der Waals surface area contributed by atoms with E-state index < -0.39 is 17.5 Å². The van der Waals surface area contributed by atoms with Gasteiger partial charge in [0, 0.05) is 30.8 Å². The van der Waals surface area contributed by atoms with Crippen molar-refractivity contribution in [3.8, 4) is 16.9 Å². The zero-order chi connectivity index (χ0) is 22.0. The highest BCUT2D eigenvalue weighted by atomic mass is 19.2. The van der Waals surface area contributed by atoms with E-state index in [1.807, 2.05) is 18.2 Å². The number of phenolic OH excluding ortho intramolecular Hbond substituents is 1. The van der Waals surface area contributed by atoms with Gasteiger partial charge < -0.3 is 5.11 Å². The lowest BCUT2D eigenvalue weighted by molar-refractivity contribution is 0.305. The van der Waals surface area contributed by atoms with Gasteiger partial charge in [-0.05, 0) is 60.2 Å². The second-order valence-electron chi connectivity index (χ2n) is 7.93. The summed E-state index contributed by atoms with van der Waals surface area (Å²) < 4.78 is 41.7. The summed E-state index contributed by atoms with van der Waals surface area (Å²) in [7, 11) is 0. The average molecular weight is 423 g/mol. The van der Waals surface area contributed by atoms with Crippen LogP contribution in [0.1, 0.15) is 23.1 Å². The summed E-state index contributed by atoms with van der Waals surface area (Å²) >= 11 is 0. The molecule has 0 radical (unpaired) electrons. The van der Waals surface area contributed by atoms with Crippen molar-refractivity contribution in [1.82, 2.24) is 4.90 Å². The van der Waals surface area contributed by atoms with Crippen LogP contribution in [0.2, 0.25) is 0 Å². The lowest BCUT2D eigenvalue weighted by Gasteiger charge is -2.27. The molecule has 0 aromatic heterocycles. The average Bonchev–Trinajstić information content (AvgIpc) is 2.80. The highest BCUT2D eigenvalue weighted by molar-refractivity contribution is 5.68. The topological polar surface area (TPSA) is 23.5 Å². The van der Waals surface area contributed by atoms with Crippen LogP contribution in [0, 0.1) is 24.4 Å². The first-order valence-electron chi connectivity index (χ1n) is 10.4. The zero-order valence-corrected chi connectivity index (χ0v) is 17.3. The van der Waals surface area contributed by atoms with Crippen molar-refractivity contribution in [3.63, 3.8) is 0 Å². The van der Waals surface area contributed by atoms with Gasteiger partial charge in [0.15, 0.2) is 11.6 Å². The molecule has 1 heterocycles. The van der Waals surface area contributed by atoms with Crippen LogP contribution in [0.4, 0.5) is 13.2 Å². The Morgan fingerprint density at radius 2 is 1.55 bits per heavy atom. The highest BCUT2D eigenvalue weighted by Gasteiger charge is 2.20. The lowest BCUT2D eigenvalue weighted by atomic mass is 9.96. The first-order valence-corrected chi connectivity index (χ1v) is 10.4. The molecule has 0 amide bonds. The molecule has 31 heavy (non-hydrogen) atoms. The fourth-order valence-corrected chi connectivity index (χ4v) is 3.93. The highest BCUT2D eigenvalue weighted by Crippen LogP contribution is 2.29. The Balaban J connectivity index is 1.36. The predicted octanol–water partition coefficient (Wildman–Crippen LogP) is 6.12. The minimum atomic E-state index is -1.12. The van der Waals surface area contributed by atoms with Crippen LogP contribution in [-0.4, -0.2) is 29.6 Å². The van der Waals surface area contributed by atoms with E-state index >= 15 is 0 Å². The molecule has 0 saturated heterocycles. The van der Waals surface area contributed by atoms with Crippen molar-refractivity contribution >= 4 is 5.57 Å². The van der Waals surface area contributed by atoms with E-state index in [1.165, 1.54) is 12.5 Å². The number of hydrogen-bond donors (Lipinski definition) is 1. The largest absolute Gasteiger partial charge is 0.508 e. The number of nitrogens with zero attached hydrogens (tertiary/aromatic N) is 1. The molecule has 2 nitrogen and oxygen atoms in total. The number of rotatable bonds is 5. The van der Waals surface area contributed by atoms with Gasteiger partial charge in [-0.15, -0.1) is 0 Å². The van der Waals surface area contributed by atoms with E-state index in [4.69, 9.17) is 0 Å². The Hall–Kier alpha value is -3.05. The van der Waals surface area contributed by atoms with Gasteiger partial charge in [0.2, 0.25) is 0 Å². The molecular formula is C26H24F3NO. The van der Waals surface area contributed by atoms with Gasteiger partial charge in [0.25, 0.3) is 0 Å². The summed E-state index contributed by atoms with van der Waals surface area (Å²) in [6.07, 6.45) is 3.39. The third-order valence-electron chi connectivity index (χ3n) is 5.89. The van der Waals surface area contributed by atoms with Crippen molar-refractivity contribution in [3.05, 3.63) is 94.8 Å². The van der Waals surface area contributed by atoms with Crippen molar-refractivity contribution < 1.29 is 18.3 Å². The third-order valence-corrected chi connectivity index (χ3v) is 5.89. The van der Waals surface area contributed by atoms with E-state index in [0.29, 0.717) is 13.0 Å². The first-order chi connectivity index (χ1) is 14.9. The van der Waals surface area contributed by atoms with Gasteiger partial charge in [-0.25, -0.2) is 13.2 Å². The maximum Gasteiger partial charge on any atom is 0.164 e. The van der Waals surface area contributed by atoms with Crippen LogP contribution in [0.5, 0.6) is 5.75 Å². The van der Waals surface area contributed by atoms with Crippen LogP contribution in [-0.2, 0) is 6.42 Å². The Kier molecular flexibility index (Phi) is 6.14. The van der Waals surface area contributed by atoms with E-state index in [0.717, 1.165) is 42.3 Å². The Morgan fingerprint density at radius 3 is 2.16 bits per heavy atom. The Labute approximate surface area is 180 Å². The van der Waals surface area contributed by atoms with Crippen LogP contribution < -0.4 is 0 Å². The molecule has 0 bridgehead atoms. The molecule has 1 N–H and O–H groups in total. The molecular weight excluding hydrogens is 399 g/mol. The molecule has 3 aromatic carbocycles. The summed E-state index contributed by atoms with van der Waals surface area (Å²) in [5.74, 6) is -2.54. The van der Waals surface area contributed by atoms with E-state index in [9.17, 15) is 18.3 Å². The van der Waals surface area contributed by atoms with Crippen molar-refractivity contribution in [2.75, 3.05) is 19.6 Å². The number of phenols is 1. The maximum absolute atomic E-state index is 14.4. The van der Waals surface area contributed by atoms with Crippen LogP contribution in [0.3, 0.4) is 0 Å². The fourth-order valence-electron chi connectivity index (χ4n) is 3.93. The van der Waals surface area contributed by atoms with E-state index in [2.05, 4.69) is 29.2 Å². The molecule has 0 fully saturated rings. The van der Waals surface area contributed by atoms with Crippen molar-refractivity contribution in [2.45, 2.75) is 19.8 Å². The molecule has 0 aliphatic carbocycles. The Bertz CT molecular complexity index is 1100. The van der Waals surface area contributed by atoms with Crippen LogP contribution in [0.25, 0.3) is 16.7 Å². The summed E-state index contributed by atoms with van der Waals surface area (Å²) in [6.45, 7) is 3.52. The van der Waals surface area contributed by atoms with Crippen LogP contribution >= 0.6 is 0 Å². The molecule has 0 saturated carbocycles. The molecule has 1 aliphatic rings. The molecule has 0 spiro atoms. The minimum Gasteiger partial charge on any atom is -0.508 e. The Morgan fingerprint density at radius 1 is 0.903 bits per heavy atom. The smallest absolute Gasteiger partial charge is 0.164 e. The molecule has 1 aliphatic heterocycles. The fraction of sp³-hybridized carbons (Fsp3) is 0.231. The normalized spacial score (nSPS) is 14.5. The van der Waals surface area contributed by atoms with Crippen molar-refractivity contribution in [2.24, 2.45) is 0 Å². The van der Waals surface area contributed by atoms with Gasteiger partial charge in [-0.2, -0.15) is 0 Å². The number of halogens is 3. The second-order valence-corrected chi connectivity index (χ2v) is 7.93. The number of benzene rings is 3. The minimum absolute atomic E-state index is 0.167. The molecule has 0 unspecified atom stereocenters. The summed E-state index contributed by atoms with van der Waals surface area (Å²) in [5.41, 5.74) is 4.00. The third kappa shape index (κ3) is 4.67. The van der Waals surface area contributed by atoms with Crippen LogP contribution in [0.15, 0.2) is 60.7 Å². The van der Waals surface area contributed by atoms with Gasteiger partial charge in [-0.3, -0.25) is 4.90 Å². The molecule has 5 heteroatoms. The first kappa shape index (κ1) is 21.2. The van der Waals surface area contributed by atoms with Crippen molar-refractivity contribution in [1.29, 1.82) is 0 Å². The monoisotopic (exact) mass is 423 g/mol. The quantitative estimate of drug-likeness (QED) is 0.500. The van der Waals surface area contributed by atoms with E-state index in [-0.39, 0.29) is 16.9 Å². The number of aromatic hydroxyl groups is 1. The second kappa shape index (κ2) is 8.98. The molecule has 0 atom stereocenters. The van der Waals surface area contributed by atoms with Gasteiger partial charge in [0.1, 0.15) is 11.6 Å². The molecule has 4 rings (SSSR count). The molecule has 3 aromatic rings. The summed E-state index contributed by atoms with van der Waals surface area (Å²) in [4.78, 5) is 2.27. The predicted molar refractivity (Wildman–Crippen MR) is 117 cm³/mol. The maximum atomic E-state index is 14.4. The number of hydrogen-bond acceptors (Lipinski definition) is 2. The van der Waals surface area contributed by atoms with Gasteiger partial charge in [-0.1, -0.05) is 42.5 Å². The summed E-state index contributed by atoms with van der Waals surface area (Å²) in [5, 5.41) is 9.41. The zero-order valence-electron chi connectivity index (χ0n) is 17.3. The lowest BCUT2D eigenvalue weighted by Crippen LogP contribution is -2.30. The summed E-state index contributed by atoms with van der Waals surface area (Å²) in [6, 6.07) is 16.4.